The Hall–Kier alpha value is -3.14. The number of carbonyl (C=O) groups is 2. The van der Waals surface area contributed by atoms with Gasteiger partial charge < -0.3 is 18.9 Å². The van der Waals surface area contributed by atoms with Crippen molar-refractivity contribution in [3.05, 3.63) is 34.8 Å². The van der Waals surface area contributed by atoms with E-state index in [4.69, 9.17) is 18.9 Å². The first kappa shape index (κ1) is 23.1. The van der Waals surface area contributed by atoms with Crippen molar-refractivity contribution in [2.45, 2.75) is 26.7 Å². The lowest BCUT2D eigenvalue weighted by Crippen LogP contribution is -2.10. The van der Waals surface area contributed by atoms with E-state index in [1.165, 1.54) is 18.4 Å². The highest BCUT2D eigenvalue weighted by atomic mass is 32.1. The van der Waals surface area contributed by atoms with Crippen LogP contribution < -0.4 is 14.9 Å². The Morgan fingerprint density at radius 2 is 1.97 bits per heavy atom. The summed E-state index contributed by atoms with van der Waals surface area (Å²) in [5.41, 5.74) is 4.10. The quantitative estimate of drug-likeness (QED) is 0.308. The maximum absolute atomic E-state index is 11.5. The van der Waals surface area contributed by atoms with E-state index in [9.17, 15) is 9.59 Å². The SMILES string of the molecule is CCOC(=O)CCOc1c(C=NNc2nc(CC(=O)OCC)cs2)cccc1OC. The third-order valence-corrected chi connectivity index (χ3v) is 4.43. The number of anilines is 1. The molecule has 2 rings (SSSR count). The molecule has 10 heteroatoms. The highest BCUT2D eigenvalue weighted by Gasteiger charge is 2.11. The Kier molecular flexibility index (Phi) is 9.59. The number of nitrogens with one attached hydrogen (secondary N) is 1. The van der Waals surface area contributed by atoms with E-state index in [-0.39, 0.29) is 31.4 Å². The summed E-state index contributed by atoms with van der Waals surface area (Å²) in [4.78, 5) is 27.3. The molecule has 1 heterocycles. The number of nitrogens with zero attached hydrogens (tertiary/aromatic N) is 2. The third kappa shape index (κ3) is 7.36. The number of carbonyl (C=O) groups excluding carboxylic acids is 2. The molecule has 162 valence electrons. The summed E-state index contributed by atoms with van der Waals surface area (Å²) in [5.74, 6) is 0.344. The van der Waals surface area contributed by atoms with Crippen LogP contribution in [0.5, 0.6) is 11.5 Å². The molecule has 0 radical (unpaired) electrons. The van der Waals surface area contributed by atoms with Gasteiger partial charge in [-0.1, -0.05) is 6.07 Å². The summed E-state index contributed by atoms with van der Waals surface area (Å²) in [5, 5.41) is 6.49. The highest BCUT2D eigenvalue weighted by Crippen LogP contribution is 2.30. The van der Waals surface area contributed by atoms with E-state index in [2.05, 4.69) is 15.5 Å². The number of ether oxygens (including phenoxy) is 4. The highest BCUT2D eigenvalue weighted by molar-refractivity contribution is 7.13. The molecule has 0 fully saturated rings. The number of esters is 2. The molecule has 0 aliphatic rings. The zero-order valence-electron chi connectivity index (χ0n) is 17.2. The average Bonchev–Trinajstić information content (AvgIpc) is 3.16. The van der Waals surface area contributed by atoms with Crippen LogP contribution in [0.25, 0.3) is 0 Å². The Labute approximate surface area is 179 Å². The second-order valence-electron chi connectivity index (χ2n) is 5.78. The number of methoxy groups -OCH3 is 1. The molecule has 0 aliphatic carbocycles. The van der Waals surface area contributed by atoms with Crippen molar-refractivity contribution in [1.29, 1.82) is 0 Å². The molecule has 9 nitrogen and oxygen atoms in total. The number of rotatable bonds is 12. The lowest BCUT2D eigenvalue weighted by Gasteiger charge is -2.12. The van der Waals surface area contributed by atoms with E-state index in [0.717, 1.165) is 0 Å². The number of hydrazone groups is 1. The summed E-state index contributed by atoms with van der Waals surface area (Å²) in [6.07, 6.45) is 1.81. The molecule has 0 atom stereocenters. The molecule has 1 aromatic carbocycles. The lowest BCUT2D eigenvalue weighted by atomic mass is 10.2. The molecule has 30 heavy (non-hydrogen) atoms. The first-order valence-corrected chi connectivity index (χ1v) is 10.3. The molecule has 2 aromatic rings. The van der Waals surface area contributed by atoms with Gasteiger partial charge in [-0.3, -0.25) is 15.0 Å². The molecule has 1 N–H and O–H groups in total. The topological polar surface area (TPSA) is 108 Å². The van der Waals surface area contributed by atoms with Crippen LogP contribution in [0.1, 0.15) is 31.5 Å². The predicted octanol–water partition coefficient (Wildman–Crippen LogP) is 3.04. The molecular formula is C20H25N3O6S. The van der Waals surface area contributed by atoms with Gasteiger partial charge in [-0.25, -0.2) is 4.98 Å². The molecule has 0 spiro atoms. The van der Waals surface area contributed by atoms with Crippen molar-refractivity contribution in [2.24, 2.45) is 5.10 Å². The van der Waals surface area contributed by atoms with Gasteiger partial charge in [0.05, 0.1) is 51.7 Å². The molecule has 0 aliphatic heterocycles. The van der Waals surface area contributed by atoms with E-state index in [1.54, 1.807) is 43.6 Å². The fourth-order valence-corrected chi connectivity index (χ4v) is 3.03. The monoisotopic (exact) mass is 435 g/mol. The second kappa shape index (κ2) is 12.4. The standard InChI is InChI=1S/C20H25N3O6S/c1-4-27-17(24)9-10-29-19-14(7-6-8-16(19)26-3)12-21-23-20-22-15(13-30-20)11-18(25)28-5-2/h6-8,12-13H,4-5,9-11H2,1-3H3,(H,22,23). The largest absolute Gasteiger partial charge is 0.493 e. The summed E-state index contributed by atoms with van der Waals surface area (Å²) in [6.45, 7) is 4.33. The zero-order chi connectivity index (χ0) is 21.8. The minimum absolute atomic E-state index is 0.115. The Morgan fingerprint density at radius 3 is 2.70 bits per heavy atom. The number of hydrogen-bond acceptors (Lipinski definition) is 10. The molecule has 0 bridgehead atoms. The summed E-state index contributed by atoms with van der Waals surface area (Å²) in [7, 11) is 1.54. The van der Waals surface area contributed by atoms with Crippen LogP contribution in [-0.4, -0.2) is 50.1 Å². The smallest absolute Gasteiger partial charge is 0.311 e. The minimum Gasteiger partial charge on any atom is -0.493 e. The summed E-state index contributed by atoms with van der Waals surface area (Å²) in [6, 6.07) is 5.37. The fourth-order valence-electron chi connectivity index (χ4n) is 2.38. The summed E-state index contributed by atoms with van der Waals surface area (Å²) < 4.78 is 20.9. The number of hydrogen-bond donors (Lipinski definition) is 1. The number of para-hydroxylation sites is 1. The normalized spacial score (nSPS) is 10.6. The Morgan fingerprint density at radius 1 is 1.20 bits per heavy atom. The molecule has 0 saturated carbocycles. The van der Waals surface area contributed by atoms with Gasteiger partial charge in [-0.2, -0.15) is 5.10 Å². The predicted molar refractivity (Wildman–Crippen MR) is 113 cm³/mol. The van der Waals surface area contributed by atoms with Gasteiger partial charge in [0.2, 0.25) is 5.13 Å². The average molecular weight is 436 g/mol. The van der Waals surface area contributed by atoms with E-state index in [0.29, 0.717) is 41.1 Å². The van der Waals surface area contributed by atoms with E-state index >= 15 is 0 Å². The molecule has 0 amide bonds. The maximum atomic E-state index is 11.5. The van der Waals surface area contributed by atoms with Crippen molar-refractivity contribution < 1.29 is 28.5 Å². The maximum Gasteiger partial charge on any atom is 0.311 e. The van der Waals surface area contributed by atoms with Gasteiger partial charge in [-0.05, 0) is 26.0 Å². The van der Waals surface area contributed by atoms with Crippen molar-refractivity contribution >= 4 is 34.6 Å². The molecule has 0 unspecified atom stereocenters. The van der Waals surface area contributed by atoms with Gasteiger partial charge >= 0.3 is 11.9 Å². The van der Waals surface area contributed by atoms with Gasteiger partial charge in [0, 0.05) is 10.9 Å². The van der Waals surface area contributed by atoms with Crippen LogP contribution in [0.3, 0.4) is 0 Å². The van der Waals surface area contributed by atoms with Crippen LogP contribution in [-0.2, 0) is 25.5 Å². The van der Waals surface area contributed by atoms with Gasteiger partial charge in [0.25, 0.3) is 0 Å². The Bertz CT molecular complexity index is 868. The minimum atomic E-state index is -0.327. The first-order valence-electron chi connectivity index (χ1n) is 9.41. The molecule has 1 aromatic heterocycles. The Balaban J connectivity index is 2.00. The first-order chi connectivity index (χ1) is 14.6. The van der Waals surface area contributed by atoms with Gasteiger partial charge in [0.15, 0.2) is 11.5 Å². The molecule has 0 saturated heterocycles. The summed E-state index contributed by atoms with van der Waals surface area (Å²) >= 11 is 1.33. The second-order valence-corrected chi connectivity index (χ2v) is 6.64. The van der Waals surface area contributed by atoms with Crippen molar-refractivity contribution in [2.75, 3.05) is 32.4 Å². The fraction of sp³-hybridized carbons (Fsp3) is 0.400. The van der Waals surface area contributed by atoms with Crippen LogP contribution >= 0.6 is 11.3 Å². The van der Waals surface area contributed by atoms with Crippen molar-refractivity contribution in [1.82, 2.24) is 4.98 Å². The van der Waals surface area contributed by atoms with Crippen LogP contribution in [0.2, 0.25) is 0 Å². The van der Waals surface area contributed by atoms with Crippen LogP contribution in [0, 0.1) is 0 Å². The van der Waals surface area contributed by atoms with Crippen molar-refractivity contribution in [3.63, 3.8) is 0 Å². The van der Waals surface area contributed by atoms with Crippen LogP contribution in [0.4, 0.5) is 5.13 Å². The van der Waals surface area contributed by atoms with Gasteiger partial charge in [-0.15, -0.1) is 11.3 Å². The third-order valence-electron chi connectivity index (χ3n) is 3.63. The van der Waals surface area contributed by atoms with Gasteiger partial charge in [0.1, 0.15) is 0 Å². The van der Waals surface area contributed by atoms with E-state index in [1.807, 2.05) is 0 Å². The molecular weight excluding hydrogens is 410 g/mol. The van der Waals surface area contributed by atoms with Crippen molar-refractivity contribution in [3.8, 4) is 11.5 Å². The van der Waals surface area contributed by atoms with E-state index < -0.39 is 0 Å². The number of aromatic nitrogens is 1. The number of thiazole rings is 1. The number of benzene rings is 1. The van der Waals surface area contributed by atoms with Crippen LogP contribution in [0.15, 0.2) is 28.7 Å². The zero-order valence-corrected chi connectivity index (χ0v) is 18.0. The lowest BCUT2D eigenvalue weighted by molar-refractivity contribution is -0.144.